The van der Waals surface area contributed by atoms with Gasteiger partial charge in [0.25, 0.3) is 0 Å². The molecule has 6 rings (SSSR count). The first-order chi connectivity index (χ1) is 18.8. The molecule has 0 spiro atoms. The van der Waals surface area contributed by atoms with E-state index < -0.39 is 15.8 Å². The number of aliphatic carboxylic acids is 1. The molecule has 1 saturated heterocycles. The van der Waals surface area contributed by atoms with E-state index in [1.807, 2.05) is 30.3 Å². The van der Waals surface area contributed by atoms with Crippen LogP contribution in [-0.2, 0) is 27.6 Å². The molecule has 1 saturated carbocycles. The molecule has 0 amide bonds. The molecular weight excluding hydrogens is 514 g/mol. The summed E-state index contributed by atoms with van der Waals surface area (Å²) < 4.78 is 35.9. The van der Waals surface area contributed by atoms with Crippen LogP contribution in [0.15, 0.2) is 54.6 Å². The lowest BCUT2D eigenvalue weighted by atomic mass is 9.92. The Hall–Kier alpha value is -3.52. The Balaban J connectivity index is 1.17. The molecule has 0 aromatic heterocycles. The zero-order valence-electron chi connectivity index (χ0n) is 22.0. The average Bonchev–Trinajstić information content (AvgIpc) is 3.73. The first-order valence-corrected chi connectivity index (χ1v) is 15.4. The Bertz CT molecular complexity index is 1500. The third-order valence-corrected chi connectivity index (χ3v) is 9.80. The van der Waals surface area contributed by atoms with Gasteiger partial charge in [-0.2, -0.15) is 0 Å². The van der Waals surface area contributed by atoms with Crippen LogP contribution in [0.4, 0.5) is 5.69 Å². The number of hydrogen-bond acceptors (Lipinski definition) is 6. The number of nitrogens with one attached hydrogen (secondary N) is 1. The highest BCUT2D eigenvalue weighted by atomic mass is 32.2. The maximum Gasteiger partial charge on any atom is 0.307 e. The number of sulfone groups is 1. The van der Waals surface area contributed by atoms with Crippen LogP contribution < -0.4 is 14.8 Å². The van der Waals surface area contributed by atoms with E-state index in [-0.39, 0.29) is 29.4 Å². The molecule has 7 nitrogen and oxygen atoms in total. The Labute approximate surface area is 229 Å². The van der Waals surface area contributed by atoms with E-state index in [0.717, 1.165) is 52.3 Å². The molecule has 0 bridgehead atoms. The first-order valence-electron chi connectivity index (χ1n) is 13.6. The molecule has 0 unspecified atom stereocenters. The van der Waals surface area contributed by atoms with Gasteiger partial charge < -0.3 is 19.9 Å². The van der Waals surface area contributed by atoms with Gasteiger partial charge >= 0.3 is 5.97 Å². The van der Waals surface area contributed by atoms with Gasteiger partial charge in [0.2, 0.25) is 0 Å². The van der Waals surface area contributed by atoms with E-state index in [0.29, 0.717) is 26.0 Å². The van der Waals surface area contributed by atoms with Crippen LogP contribution >= 0.6 is 0 Å². The second kappa shape index (κ2) is 10.2. The number of aryl methyl sites for hydroxylation is 1. The van der Waals surface area contributed by atoms with Crippen LogP contribution in [0.25, 0.3) is 11.1 Å². The van der Waals surface area contributed by atoms with E-state index in [4.69, 9.17) is 9.47 Å². The van der Waals surface area contributed by atoms with E-state index in [9.17, 15) is 18.3 Å². The van der Waals surface area contributed by atoms with Gasteiger partial charge in [-0.15, -0.1) is 0 Å². The Morgan fingerprint density at radius 3 is 2.56 bits per heavy atom. The molecule has 2 heterocycles. The molecule has 3 aromatic rings. The third kappa shape index (κ3) is 5.62. The molecule has 3 aromatic carbocycles. The van der Waals surface area contributed by atoms with E-state index in [1.165, 1.54) is 11.1 Å². The zero-order chi connectivity index (χ0) is 27.1. The van der Waals surface area contributed by atoms with Crippen LogP contribution in [0.5, 0.6) is 11.5 Å². The fourth-order valence-corrected chi connectivity index (χ4v) is 7.27. The van der Waals surface area contributed by atoms with Crippen LogP contribution in [0.3, 0.4) is 0 Å². The summed E-state index contributed by atoms with van der Waals surface area (Å²) in [4.78, 5) is 11.2. The lowest BCUT2D eigenvalue weighted by Crippen LogP contribution is -2.30. The van der Waals surface area contributed by atoms with E-state index >= 15 is 0 Å². The van der Waals surface area contributed by atoms with Crippen LogP contribution in [0, 0.1) is 12.8 Å². The number of anilines is 1. The Morgan fingerprint density at radius 2 is 1.85 bits per heavy atom. The molecule has 2 N–H and O–H groups in total. The largest absolute Gasteiger partial charge is 0.493 e. The standard InChI is InChI=1S/C31H33NO6S/c1-19-14-25(38-24-9-12-39(35,36)13-10-24)16-22-8-11-37-29-7-2-20(15-28(29)30(19)22)18-32-23-5-3-21(4-6-23)26-17-27(26)31(33)34/h2-7,14-16,24,26-27,32H,8-13,17-18H2,1H3,(H,33,34)/t26-,27+/m1/s1. The maximum absolute atomic E-state index is 11.8. The van der Waals surface area contributed by atoms with Gasteiger partial charge in [0.1, 0.15) is 17.6 Å². The number of carboxylic acid groups (broad SMARTS) is 1. The molecule has 8 heteroatoms. The lowest BCUT2D eigenvalue weighted by Gasteiger charge is -2.24. The summed E-state index contributed by atoms with van der Waals surface area (Å²) in [5, 5.41) is 12.7. The van der Waals surface area contributed by atoms with Gasteiger partial charge in [0.15, 0.2) is 9.84 Å². The molecule has 0 radical (unpaired) electrons. The highest BCUT2D eigenvalue weighted by molar-refractivity contribution is 7.91. The van der Waals surface area contributed by atoms with Crippen molar-refractivity contribution in [3.05, 3.63) is 76.9 Å². The fourth-order valence-electron chi connectivity index (χ4n) is 5.82. The van der Waals surface area contributed by atoms with Gasteiger partial charge in [-0.05, 0) is 96.3 Å². The number of carboxylic acids is 1. The van der Waals surface area contributed by atoms with Gasteiger partial charge in [-0.3, -0.25) is 4.79 Å². The number of carbonyl (C=O) groups is 1. The highest BCUT2D eigenvalue weighted by Crippen LogP contribution is 2.47. The molecule has 2 aliphatic heterocycles. The highest BCUT2D eigenvalue weighted by Gasteiger charge is 2.44. The quantitative estimate of drug-likeness (QED) is 0.411. The molecule has 39 heavy (non-hydrogen) atoms. The van der Waals surface area contributed by atoms with Crippen LogP contribution in [0.2, 0.25) is 0 Å². The van der Waals surface area contributed by atoms with Gasteiger partial charge in [-0.1, -0.05) is 18.2 Å². The summed E-state index contributed by atoms with van der Waals surface area (Å²) in [7, 11) is -2.92. The summed E-state index contributed by atoms with van der Waals surface area (Å²) in [5.74, 6) is 1.22. The van der Waals surface area contributed by atoms with Crippen molar-refractivity contribution in [2.75, 3.05) is 23.4 Å². The smallest absolute Gasteiger partial charge is 0.307 e. The number of benzene rings is 3. The molecule has 1 aliphatic carbocycles. The Morgan fingerprint density at radius 1 is 1.08 bits per heavy atom. The summed E-state index contributed by atoms with van der Waals surface area (Å²) >= 11 is 0. The van der Waals surface area contributed by atoms with Crippen molar-refractivity contribution in [3.63, 3.8) is 0 Å². The van der Waals surface area contributed by atoms with E-state index in [1.54, 1.807) is 0 Å². The van der Waals surface area contributed by atoms with Crippen molar-refractivity contribution in [2.45, 2.75) is 51.2 Å². The van der Waals surface area contributed by atoms with E-state index in [2.05, 4.69) is 36.5 Å². The summed E-state index contributed by atoms with van der Waals surface area (Å²) in [6, 6.07) is 18.5. The number of rotatable bonds is 7. The van der Waals surface area contributed by atoms with Crippen molar-refractivity contribution in [1.29, 1.82) is 0 Å². The van der Waals surface area contributed by atoms with Crippen LogP contribution in [-0.4, -0.2) is 43.7 Å². The normalized spacial score (nSPS) is 21.6. The number of fused-ring (bicyclic) bond motifs is 3. The molecule has 2 fully saturated rings. The van der Waals surface area contributed by atoms with Crippen molar-refractivity contribution in [1.82, 2.24) is 0 Å². The predicted octanol–water partition coefficient (Wildman–Crippen LogP) is 5.35. The second-order valence-corrected chi connectivity index (χ2v) is 13.2. The van der Waals surface area contributed by atoms with Crippen molar-refractivity contribution in [2.24, 2.45) is 5.92 Å². The first kappa shape index (κ1) is 25.7. The zero-order valence-corrected chi connectivity index (χ0v) is 22.8. The minimum atomic E-state index is -2.92. The molecule has 3 aliphatic rings. The molecule has 204 valence electrons. The fraction of sp³-hybridized carbons (Fsp3) is 0.387. The minimum Gasteiger partial charge on any atom is -0.493 e. The van der Waals surface area contributed by atoms with Gasteiger partial charge in [0.05, 0.1) is 24.0 Å². The van der Waals surface area contributed by atoms with Crippen LogP contribution in [0.1, 0.15) is 47.4 Å². The maximum atomic E-state index is 11.8. The molecule has 2 atom stereocenters. The van der Waals surface area contributed by atoms with Gasteiger partial charge in [0, 0.05) is 24.2 Å². The summed E-state index contributed by atoms with van der Waals surface area (Å²) in [5.41, 5.74) is 7.73. The molecular formula is C31H33NO6S. The second-order valence-electron chi connectivity index (χ2n) is 10.9. The summed E-state index contributed by atoms with van der Waals surface area (Å²) in [6.07, 6.45) is 2.48. The number of ether oxygens (including phenoxy) is 2. The monoisotopic (exact) mass is 547 g/mol. The predicted molar refractivity (Wildman–Crippen MR) is 150 cm³/mol. The topological polar surface area (TPSA) is 102 Å². The summed E-state index contributed by atoms with van der Waals surface area (Å²) in [6.45, 7) is 3.32. The SMILES string of the molecule is Cc1cc(OC2CCS(=O)(=O)CC2)cc2c1-c1cc(CNc3ccc([C@H]4C[C@@H]4C(=O)O)cc3)ccc1OCC2. The third-order valence-electron chi connectivity index (χ3n) is 8.08. The number of hydrogen-bond donors (Lipinski definition) is 2. The average molecular weight is 548 g/mol. The van der Waals surface area contributed by atoms with Crippen molar-refractivity contribution in [3.8, 4) is 22.6 Å². The van der Waals surface area contributed by atoms with Crippen molar-refractivity contribution < 1.29 is 27.8 Å². The Kier molecular flexibility index (Phi) is 6.75. The van der Waals surface area contributed by atoms with Gasteiger partial charge in [-0.25, -0.2) is 8.42 Å². The van der Waals surface area contributed by atoms with Crippen molar-refractivity contribution >= 4 is 21.5 Å². The minimum absolute atomic E-state index is 0.0742. The lowest BCUT2D eigenvalue weighted by molar-refractivity contribution is -0.138.